The topological polar surface area (TPSA) is 20.2 Å². The average molecular weight is 234 g/mol. The first kappa shape index (κ1) is 14.2. The molecule has 0 aromatic heterocycles. The van der Waals surface area contributed by atoms with Crippen molar-refractivity contribution in [3.05, 3.63) is 35.4 Å². The Kier molecular flexibility index (Phi) is 6.28. The van der Waals surface area contributed by atoms with Crippen LogP contribution in [-0.4, -0.2) is 5.11 Å². The van der Waals surface area contributed by atoms with Gasteiger partial charge in [0.1, 0.15) is 0 Å². The lowest BCUT2D eigenvalue weighted by molar-refractivity contribution is 0.199. The molecule has 2 atom stereocenters. The predicted octanol–water partition coefficient (Wildman–Crippen LogP) is 4.81. The van der Waals surface area contributed by atoms with E-state index in [0.717, 1.165) is 5.56 Å². The zero-order valence-corrected chi connectivity index (χ0v) is 11.4. The molecule has 1 nitrogen and oxygen atoms in total. The fraction of sp³-hybridized carbons (Fsp3) is 0.625. The standard InChI is InChI=1S/C16H26O/c1-4-6-7-8-14(5-2)16-11-9-15(10-12-16)13(3)17/h9-14,17H,4-8H2,1-3H3. The van der Waals surface area contributed by atoms with Gasteiger partial charge in [-0.2, -0.15) is 0 Å². The van der Waals surface area contributed by atoms with E-state index in [1.807, 2.05) is 6.92 Å². The molecule has 17 heavy (non-hydrogen) atoms. The molecule has 0 aliphatic rings. The van der Waals surface area contributed by atoms with Crippen LogP contribution in [0.5, 0.6) is 0 Å². The van der Waals surface area contributed by atoms with E-state index in [2.05, 4.69) is 38.1 Å². The van der Waals surface area contributed by atoms with Crippen LogP contribution < -0.4 is 0 Å². The van der Waals surface area contributed by atoms with Crippen molar-refractivity contribution < 1.29 is 5.11 Å². The van der Waals surface area contributed by atoms with Crippen molar-refractivity contribution in [1.82, 2.24) is 0 Å². The first-order valence-corrected chi connectivity index (χ1v) is 6.96. The Bertz CT molecular complexity index is 300. The van der Waals surface area contributed by atoms with E-state index in [1.165, 1.54) is 37.7 Å². The van der Waals surface area contributed by atoms with Crippen LogP contribution in [0.15, 0.2) is 24.3 Å². The number of hydrogen-bond donors (Lipinski definition) is 1. The maximum atomic E-state index is 9.48. The van der Waals surface area contributed by atoms with Gasteiger partial charge in [-0.25, -0.2) is 0 Å². The summed E-state index contributed by atoms with van der Waals surface area (Å²) < 4.78 is 0. The van der Waals surface area contributed by atoms with Crippen molar-refractivity contribution in [2.75, 3.05) is 0 Å². The third-order valence-corrected chi connectivity index (χ3v) is 3.54. The van der Waals surface area contributed by atoms with Gasteiger partial charge in [0.05, 0.1) is 6.10 Å². The molecule has 2 unspecified atom stereocenters. The van der Waals surface area contributed by atoms with Crippen molar-refractivity contribution in [3.8, 4) is 0 Å². The first-order valence-electron chi connectivity index (χ1n) is 6.96. The van der Waals surface area contributed by atoms with Crippen molar-refractivity contribution in [2.24, 2.45) is 0 Å². The van der Waals surface area contributed by atoms with E-state index in [4.69, 9.17) is 0 Å². The third-order valence-electron chi connectivity index (χ3n) is 3.54. The second-order valence-electron chi connectivity index (χ2n) is 4.94. The molecule has 0 saturated heterocycles. The van der Waals surface area contributed by atoms with E-state index in [-0.39, 0.29) is 6.10 Å². The summed E-state index contributed by atoms with van der Waals surface area (Å²) >= 11 is 0. The highest BCUT2D eigenvalue weighted by Crippen LogP contribution is 2.26. The van der Waals surface area contributed by atoms with Crippen LogP contribution in [-0.2, 0) is 0 Å². The summed E-state index contributed by atoms with van der Waals surface area (Å²) in [5, 5.41) is 9.48. The normalized spacial score (nSPS) is 14.6. The van der Waals surface area contributed by atoms with Crippen LogP contribution in [0.2, 0.25) is 0 Å². The van der Waals surface area contributed by atoms with Gasteiger partial charge in [-0.05, 0) is 36.8 Å². The van der Waals surface area contributed by atoms with Crippen LogP contribution in [0.25, 0.3) is 0 Å². The summed E-state index contributed by atoms with van der Waals surface area (Å²) in [5.74, 6) is 0.685. The number of unbranched alkanes of at least 4 members (excludes halogenated alkanes) is 2. The fourth-order valence-corrected chi connectivity index (χ4v) is 2.29. The second-order valence-corrected chi connectivity index (χ2v) is 4.94. The zero-order valence-electron chi connectivity index (χ0n) is 11.4. The largest absolute Gasteiger partial charge is 0.389 e. The Balaban J connectivity index is 2.62. The quantitative estimate of drug-likeness (QED) is 0.671. The van der Waals surface area contributed by atoms with Crippen molar-refractivity contribution >= 4 is 0 Å². The van der Waals surface area contributed by atoms with Crippen LogP contribution in [0.4, 0.5) is 0 Å². The summed E-state index contributed by atoms with van der Waals surface area (Å²) in [7, 11) is 0. The molecule has 96 valence electrons. The Labute approximate surface area is 106 Å². The minimum atomic E-state index is -0.357. The number of rotatable bonds is 7. The number of aliphatic hydroxyl groups excluding tert-OH is 1. The van der Waals surface area contributed by atoms with E-state index in [9.17, 15) is 5.11 Å². The van der Waals surface area contributed by atoms with E-state index < -0.39 is 0 Å². The SMILES string of the molecule is CCCCCC(CC)c1ccc(C(C)O)cc1. The molecule has 0 fully saturated rings. The summed E-state index contributed by atoms with van der Waals surface area (Å²) in [6.07, 6.45) is 6.09. The van der Waals surface area contributed by atoms with Crippen molar-refractivity contribution in [3.63, 3.8) is 0 Å². The highest BCUT2D eigenvalue weighted by atomic mass is 16.3. The third kappa shape index (κ3) is 4.51. The summed E-state index contributed by atoms with van der Waals surface area (Å²) in [4.78, 5) is 0. The molecule has 0 saturated carbocycles. The Morgan fingerprint density at radius 3 is 2.06 bits per heavy atom. The van der Waals surface area contributed by atoms with Gasteiger partial charge >= 0.3 is 0 Å². The molecule has 1 N–H and O–H groups in total. The van der Waals surface area contributed by atoms with Gasteiger partial charge in [0.15, 0.2) is 0 Å². The van der Waals surface area contributed by atoms with Crippen molar-refractivity contribution in [2.45, 2.75) is 64.9 Å². The van der Waals surface area contributed by atoms with Gasteiger partial charge in [0.25, 0.3) is 0 Å². The monoisotopic (exact) mass is 234 g/mol. The van der Waals surface area contributed by atoms with Crippen LogP contribution in [0.1, 0.15) is 76.0 Å². The molecule has 0 heterocycles. The van der Waals surface area contributed by atoms with Gasteiger partial charge in [0, 0.05) is 0 Å². The van der Waals surface area contributed by atoms with Gasteiger partial charge in [0.2, 0.25) is 0 Å². The van der Waals surface area contributed by atoms with Crippen LogP contribution in [0.3, 0.4) is 0 Å². The second kappa shape index (κ2) is 7.50. The molecule has 0 amide bonds. The molecular formula is C16H26O. The molecule has 1 rings (SSSR count). The molecule has 0 bridgehead atoms. The maximum absolute atomic E-state index is 9.48. The minimum absolute atomic E-state index is 0.357. The summed E-state index contributed by atoms with van der Waals surface area (Å²) in [5.41, 5.74) is 2.44. The Morgan fingerprint density at radius 1 is 1.00 bits per heavy atom. The maximum Gasteiger partial charge on any atom is 0.0761 e. The molecule has 0 radical (unpaired) electrons. The van der Waals surface area contributed by atoms with Gasteiger partial charge in [-0.15, -0.1) is 0 Å². The molecular weight excluding hydrogens is 208 g/mol. The van der Waals surface area contributed by atoms with Crippen LogP contribution >= 0.6 is 0 Å². The zero-order chi connectivity index (χ0) is 12.7. The summed E-state index contributed by atoms with van der Waals surface area (Å²) in [6, 6.07) is 8.48. The minimum Gasteiger partial charge on any atom is -0.389 e. The molecule has 1 aromatic carbocycles. The van der Waals surface area contributed by atoms with E-state index in [1.54, 1.807) is 0 Å². The van der Waals surface area contributed by atoms with E-state index >= 15 is 0 Å². The highest BCUT2D eigenvalue weighted by Gasteiger charge is 2.09. The van der Waals surface area contributed by atoms with Gasteiger partial charge in [-0.1, -0.05) is 57.4 Å². The number of benzene rings is 1. The average Bonchev–Trinajstić information content (AvgIpc) is 2.35. The van der Waals surface area contributed by atoms with Crippen molar-refractivity contribution in [1.29, 1.82) is 0 Å². The lowest BCUT2D eigenvalue weighted by atomic mass is 9.90. The van der Waals surface area contributed by atoms with Gasteiger partial charge < -0.3 is 5.11 Å². The fourth-order valence-electron chi connectivity index (χ4n) is 2.29. The van der Waals surface area contributed by atoms with Gasteiger partial charge in [-0.3, -0.25) is 0 Å². The number of aliphatic hydroxyl groups is 1. The lowest BCUT2D eigenvalue weighted by Gasteiger charge is -2.16. The molecule has 0 spiro atoms. The lowest BCUT2D eigenvalue weighted by Crippen LogP contribution is -1.99. The Hall–Kier alpha value is -0.820. The molecule has 0 aliphatic heterocycles. The summed E-state index contributed by atoms with van der Waals surface area (Å²) in [6.45, 7) is 6.32. The number of hydrogen-bond acceptors (Lipinski definition) is 1. The first-order chi connectivity index (χ1) is 8.19. The molecule has 1 aromatic rings. The molecule has 1 heteroatoms. The Morgan fingerprint density at radius 2 is 1.59 bits per heavy atom. The molecule has 0 aliphatic carbocycles. The van der Waals surface area contributed by atoms with Crippen LogP contribution in [0, 0.1) is 0 Å². The highest BCUT2D eigenvalue weighted by molar-refractivity contribution is 5.26. The van der Waals surface area contributed by atoms with E-state index in [0.29, 0.717) is 5.92 Å². The smallest absolute Gasteiger partial charge is 0.0761 e. The predicted molar refractivity (Wildman–Crippen MR) is 74.2 cm³/mol.